The van der Waals surface area contributed by atoms with Crippen LogP contribution in [0.4, 0.5) is 4.79 Å². The normalized spacial score (nSPS) is 16.7. The fourth-order valence-electron chi connectivity index (χ4n) is 5.82. The van der Waals surface area contributed by atoms with E-state index in [1.54, 1.807) is 12.4 Å². The number of carbonyl (C=O) groups excluding carboxylic acids is 1. The molecule has 8 nitrogen and oxygen atoms in total. The molecule has 2 aromatic carbocycles. The van der Waals surface area contributed by atoms with Crippen LogP contribution in [0.15, 0.2) is 60.9 Å². The first kappa shape index (κ1) is 30.5. The molecule has 4 N–H and O–H groups in total. The minimum Gasteiger partial charge on any atom is -0.465 e. The number of piperidine rings is 1. The number of aryl methyl sites for hydroxylation is 1. The van der Waals surface area contributed by atoms with E-state index in [4.69, 9.17) is 16.7 Å². The predicted molar refractivity (Wildman–Crippen MR) is 161 cm³/mol. The van der Waals surface area contributed by atoms with E-state index in [1.807, 2.05) is 48.3 Å². The number of nitrogens with one attached hydrogen (secondary N) is 2. The Morgan fingerprint density at radius 3 is 2.63 bits per heavy atom. The van der Waals surface area contributed by atoms with Gasteiger partial charge in [0, 0.05) is 61.2 Å². The molecular weight excluding hydrogens is 540 g/mol. The van der Waals surface area contributed by atoms with E-state index in [0.717, 1.165) is 36.1 Å². The molecular formula is C32H39ClN4O4. The Balaban J connectivity index is 1.69. The summed E-state index contributed by atoms with van der Waals surface area (Å²) in [6.45, 7) is 3.97. The summed E-state index contributed by atoms with van der Waals surface area (Å²) in [5, 5.41) is 27.7. The second-order valence-corrected chi connectivity index (χ2v) is 11.1. The van der Waals surface area contributed by atoms with Gasteiger partial charge in [-0.05, 0) is 68.0 Å². The number of nitrogens with zero attached hydrogens (tertiary/aromatic N) is 2. The van der Waals surface area contributed by atoms with Gasteiger partial charge >= 0.3 is 6.09 Å². The van der Waals surface area contributed by atoms with E-state index in [1.165, 1.54) is 0 Å². The molecule has 1 aromatic heterocycles. The lowest BCUT2D eigenvalue weighted by Crippen LogP contribution is -2.48. The molecule has 0 bridgehead atoms. The topological polar surface area (TPSA) is 115 Å². The lowest BCUT2D eigenvalue weighted by atomic mass is 9.72. The third-order valence-electron chi connectivity index (χ3n) is 7.97. The summed E-state index contributed by atoms with van der Waals surface area (Å²) >= 11 is 6.77. The van der Waals surface area contributed by atoms with Crippen LogP contribution in [0.2, 0.25) is 5.02 Å². The molecule has 3 aromatic rings. The van der Waals surface area contributed by atoms with Crippen LogP contribution in [0.5, 0.6) is 0 Å². The van der Waals surface area contributed by atoms with Crippen molar-refractivity contribution in [3.63, 3.8) is 0 Å². The number of benzene rings is 2. The molecule has 0 aliphatic carbocycles. The van der Waals surface area contributed by atoms with Crippen molar-refractivity contribution < 1.29 is 19.8 Å². The van der Waals surface area contributed by atoms with Gasteiger partial charge in [-0.25, -0.2) is 4.79 Å². The largest absolute Gasteiger partial charge is 0.465 e. The number of likely N-dealkylation sites (tertiary alicyclic amines) is 1. The highest BCUT2D eigenvalue weighted by atomic mass is 35.5. The van der Waals surface area contributed by atoms with Crippen molar-refractivity contribution in [2.24, 2.45) is 5.92 Å². The third kappa shape index (κ3) is 7.25. The van der Waals surface area contributed by atoms with Crippen LogP contribution < -0.4 is 10.6 Å². The Labute approximate surface area is 246 Å². The van der Waals surface area contributed by atoms with Gasteiger partial charge in [0.2, 0.25) is 0 Å². The Morgan fingerprint density at radius 1 is 1.15 bits per heavy atom. The van der Waals surface area contributed by atoms with E-state index in [9.17, 15) is 14.7 Å². The quantitative estimate of drug-likeness (QED) is 0.224. The summed E-state index contributed by atoms with van der Waals surface area (Å²) < 4.78 is 0. The van der Waals surface area contributed by atoms with E-state index >= 15 is 0 Å². The lowest BCUT2D eigenvalue weighted by molar-refractivity contribution is -0.0565. The number of pyridine rings is 1. The van der Waals surface area contributed by atoms with Crippen LogP contribution in [0.3, 0.4) is 0 Å². The van der Waals surface area contributed by atoms with Crippen molar-refractivity contribution in [1.29, 1.82) is 0 Å². The summed E-state index contributed by atoms with van der Waals surface area (Å²) in [4.78, 5) is 30.8. The highest BCUT2D eigenvalue weighted by Gasteiger charge is 2.43. The van der Waals surface area contributed by atoms with E-state index < -0.39 is 11.7 Å². The minimum absolute atomic E-state index is 0.0688. The van der Waals surface area contributed by atoms with Gasteiger partial charge in [0.05, 0.1) is 10.6 Å². The van der Waals surface area contributed by atoms with Gasteiger partial charge in [0.1, 0.15) is 0 Å². The van der Waals surface area contributed by atoms with Crippen LogP contribution in [0, 0.1) is 5.92 Å². The first-order chi connectivity index (χ1) is 19.8. The number of rotatable bonds is 11. The number of aromatic nitrogens is 1. The molecule has 2 atom stereocenters. The molecule has 2 heterocycles. The van der Waals surface area contributed by atoms with Gasteiger partial charge in [-0.3, -0.25) is 9.78 Å². The molecule has 1 aliphatic rings. The van der Waals surface area contributed by atoms with Crippen LogP contribution in [-0.4, -0.2) is 58.8 Å². The zero-order valence-corrected chi connectivity index (χ0v) is 24.5. The third-order valence-corrected chi connectivity index (χ3v) is 8.25. The van der Waals surface area contributed by atoms with Crippen LogP contribution in [0.25, 0.3) is 11.1 Å². The monoisotopic (exact) mass is 578 g/mol. The van der Waals surface area contributed by atoms with Gasteiger partial charge in [0.15, 0.2) is 0 Å². The minimum atomic E-state index is -1.40. The summed E-state index contributed by atoms with van der Waals surface area (Å²) in [5.74, 6) is -0.373. The average Bonchev–Trinajstić information content (AvgIpc) is 2.99. The van der Waals surface area contributed by atoms with Gasteiger partial charge in [-0.15, -0.1) is 0 Å². The van der Waals surface area contributed by atoms with Crippen molar-refractivity contribution >= 4 is 23.6 Å². The Bertz CT molecular complexity index is 1350. The van der Waals surface area contributed by atoms with Gasteiger partial charge in [-0.1, -0.05) is 54.9 Å². The summed E-state index contributed by atoms with van der Waals surface area (Å²) in [7, 11) is 1.88. The molecule has 9 heteroatoms. The maximum absolute atomic E-state index is 13.5. The highest BCUT2D eigenvalue weighted by molar-refractivity contribution is 6.33. The fourth-order valence-corrected chi connectivity index (χ4v) is 6.09. The Morgan fingerprint density at radius 2 is 1.93 bits per heavy atom. The first-order valence-corrected chi connectivity index (χ1v) is 14.6. The highest BCUT2D eigenvalue weighted by Crippen LogP contribution is 2.45. The van der Waals surface area contributed by atoms with Crippen molar-refractivity contribution in [2.75, 3.05) is 26.7 Å². The fraction of sp³-hybridized carbons (Fsp3) is 0.406. The predicted octanol–water partition coefficient (Wildman–Crippen LogP) is 5.47. The van der Waals surface area contributed by atoms with Crippen LogP contribution in [-0.2, 0) is 18.6 Å². The number of aliphatic hydroxyl groups is 1. The SMILES string of the molecule is CCc1cccc(-c2c(Cl)cncc2C(O)(CCCNC(=O)O)[C@@H]2CCCN(C(=O)c3ccc(CNC)cc3)C2)c1. The summed E-state index contributed by atoms with van der Waals surface area (Å²) in [6.07, 6.45) is 5.12. The number of carbonyl (C=O) groups is 2. The van der Waals surface area contributed by atoms with Gasteiger partial charge in [0.25, 0.3) is 5.91 Å². The molecule has 0 spiro atoms. The Kier molecular flexibility index (Phi) is 10.4. The lowest BCUT2D eigenvalue weighted by Gasteiger charge is -2.43. The van der Waals surface area contributed by atoms with E-state index in [2.05, 4.69) is 34.7 Å². The molecule has 1 fully saturated rings. The number of carboxylic acid groups (broad SMARTS) is 1. The number of hydrogen-bond donors (Lipinski definition) is 4. The number of amides is 2. The standard InChI is InChI=1S/C32H39ClN4O4/c1-3-22-7-4-8-25(17-22)29-27(19-35-20-28(29)33)32(41,14-6-15-36-31(39)40)26-9-5-16-37(21-26)30(38)24-12-10-23(11-13-24)18-34-2/h4,7-8,10-13,17,19-20,26,34,36,41H,3,5-6,9,14-16,18,21H2,1-2H3,(H,39,40)/t26-,32?/m1/s1. The smallest absolute Gasteiger partial charge is 0.404 e. The van der Waals surface area contributed by atoms with Crippen LogP contribution >= 0.6 is 11.6 Å². The van der Waals surface area contributed by atoms with Gasteiger partial charge < -0.3 is 25.7 Å². The molecule has 218 valence electrons. The second-order valence-electron chi connectivity index (χ2n) is 10.7. The molecule has 2 amide bonds. The maximum Gasteiger partial charge on any atom is 0.404 e. The molecule has 1 saturated heterocycles. The number of hydrogen-bond acceptors (Lipinski definition) is 5. The molecule has 4 rings (SSSR count). The van der Waals surface area contributed by atoms with Crippen molar-refractivity contribution in [2.45, 2.75) is 51.2 Å². The van der Waals surface area contributed by atoms with Gasteiger partial charge in [-0.2, -0.15) is 0 Å². The first-order valence-electron chi connectivity index (χ1n) is 14.2. The molecule has 1 unspecified atom stereocenters. The molecule has 0 radical (unpaired) electrons. The summed E-state index contributed by atoms with van der Waals surface area (Å²) in [5.41, 5.74) is 3.66. The zero-order chi connectivity index (χ0) is 29.4. The zero-order valence-electron chi connectivity index (χ0n) is 23.7. The van der Waals surface area contributed by atoms with E-state index in [0.29, 0.717) is 47.6 Å². The second kappa shape index (κ2) is 13.9. The van der Waals surface area contributed by atoms with Crippen molar-refractivity contribution in [3.8, 4) is 11.1 Å². The molecule has 41 heavy (non-hydrogen) atoms. The molecule has 1 aliphatic heterocycles. The maximum atomic E-state index is 13.5. The van der Waals surface area contributed by atoms with Crippen molar-refractivity contribution in [1.82, 2.24) is 20.5 Å². The van der Waals surface area contributed by atoms with Crippen molar-refractivity contribution in [3.05, 3.63) is 88.2 Å². The summed E-state index contributed by atoms with van der Waals surface area (Å²) in [6, 6.07) is 15.7. The van der Waals surface area contributed by atoms with Crippen LogP contribution in [0.1, 0.15) is 59.7 Å². The Hall–Kier alpha value is -3.46. The molecule has 0 saturated carbocycles. The average molecular weight is 579 g/mol. The number of halogens is 1. The van der Waals surface area contributed by atoms with E-state index in [-0.39, 0.29) is 24.8 Å².